The lowest BCUT2D eigenvalue weighted by atomic mass is 9.89. The number of rotatable bonds is 4. The van der Waals surface area contributed by atoms with E-state index in [2.05, 4.69) is 0 Å². The van der Waals surface area contributed by atoms with Gasteiger partial charge in [-0.3, -0.25) is 9.59 Å². The number of amides is 1. The van der Waals surface area contributed by atoms with E-state index in [-0.39, 0.29) is 11.7 Å². The summed E-state index contributed by atoms with van der Waals surface area (Å²) in [5.41, 5.74) is 0.831. The molecule has 0 radical (unpaired) electrons. The molecule has 1 fully saturated rings. The minimum Gasteiger partial charge on any atom is -0.493 e. The number of benzene rings is 2. The Bertz CT molecular complexity index is 983. The van der Waals surface area contributed by atoms with E-state index in [1.807, 2.05) is 30.3 Å². The average Bonchev–Trinajstić information content (AvgIpc) is 3.14. The summed E-state index contributed by atoms with van der Waals surface area (Å²) in [5.74, 6) is 1.82. The number of carbonyl (C=O) groups excluding carboxylic acids is 2. The Balaban J connectivity index is 1.45. The third kappa shape index (κ3) is 3.70. The van der Waals surface area contributed by atoms with Gasteiger partial charge < -0.3 is 19.1 Å². The van der Waals surface area contributed by atoms with Crippen LogP contribution in [-0.2, 0) is 4.79 Å². The third-order valence-corrected chi connectivity index (χ3v) is 5.45. The van der Waals surface area contributed by atoms with Crippen molar-refractivity contribution in [3.63, 3.8) is 0 Å². The van der Waals surface area contributed by atoms with Gasteiger partial charge in [0.05, 0.1) is 32.7 Å². The molecule has 6 heteroatoms. The van der Waals surface area contributed by atoms with E-state index in [1.165, 1.54) is 0 Å². The second kappa shape index (κ2) is 7.62. The highest BCUT2D eigenvalue weighted by Gasteiger charge is 2.46. The number of methoxy groups -OCH3 is 2. The Kier molecular flexibility index (Phi) is 5.01. The molecule has 0 saturated carbocycles. The van der Waals surface area contributed by atoms with Crippen molar-refractivity contribution in [2.45, 2.75) is 18.4 Å². The van der Waals surface area contributed by atoms with Crippen LogP contribution in [0.2, 0.25) is 0 Å². The van der Waals surface area contributed by atoms with E-state index in [0.29, 0.717) is 48.7 Å². The molecule has 150 valence electrons. The number of fused-ring (bicyclic) bond motifs is 1. The van der Waals surface area contributed by atoms with Crippen LogP contribution in [-0.4, -0.2) is 49.5 Å². The van der Waals surface area contributed by atoms with Crippen LogP contribution in [0.15, 0.2) is 48.5 Å². The van der Waals surface area contributed by atoms with Gasteiger partial charge in [0.1, 0.15) is 11.4 Å². The van der Waals surface area contributed by atoms with Crippen LogP contribution in [0.5, 0.6) is 17.2 Å². The molecule has 1 spiro atoms. The van der Waals surface area contributed by atoms with Crippen molar-refractivity contribution in [1.29, 1.82) is 0 Å². The fourth-order valence-corrected chi connectivity index (χ4v) is 3.93. The zero-order chi connectivity index (χ0) is 20.4. The number of para-hydroxylation sites is 1. The Morgan fingerprint density at radius 3 is 2.72 bits per heavy atom. The van der Waals surface area contributed by atoms with E-state index in [1.54, 1.807) is 43.4 Å². The summed E-state index contributed by atoms with van der Waals surface area (Å²) < 4.78 is 16.7. The Morgan fingerprint density at radius 1 is 1.14 bits per heavy atom. The fourth-order valence-electron chi connectivity index (χ4n) is 3.93. The van der Waals surface area contributed by atoms with E-state index < -0.39 is 5.60 Å². The molecule has 2 aliphatic rings. The predicted octanol–water partition coefficient (Wildman–Crippen LogP) is 3.35. The highest BCUT2D eigenvalue weighted by Crippen LogP contribution is 2.38. The molecule has 6 nitrogen and oxygen atoms in total. The lowest BCUT2D eigenvalue weighted by Crippen LogP contribution is -2.45. The lowest BCUT2D eigenvalue weighted by Gasteiger charge is -2.34. The van der Waals surface area contributed by atoms with Gasteiger partial charge in [0.25, 0.3) is 0 Å². The maximum Gasteiger partial charge on any atom is 0.246 e. The summed E-state index contributed by atoms with van der Waals surface area (Å²) in [7, 11) is 3.15. The number of ether oxygens (including phenoxy) is 3. The summed E-state index contributed by atoms with van der Waals surface area (Å²) in [5, 5.41) is 0. The molecule has 2 aromatic carbocycles. The first kappa shape index (κ1) is 19.1. The molecule has 1 atom stereocenters. The first-order chi connectivity index (χ1) is 14.0. The fraction of sp³-hybridized carbons (Fsp3) is 0.304. The topological polar surface area (TPSA) is 65.1 Å². The summed E-state index contributed by atoms with van der Waals surface area (Å²) in [6.07, 6.45) is 4.23. The summed E-state index contributed by atoms with van der Waals surface area (Å²) in [6.45, 7) is 0.965. The van der Waals surface area contributed by atoms with Crippen molar-refractivity contribution < 1.29 is 23.8 Å². The van der Waals surface area contributed by atoms with Gasteiger partial charge in [-0.2, -0.15) is 0 Å². The van der Waals surface area contributed by atoms with Crippen LogP contribution < -0.4 is 14.2 Å². The molecule has 0 bridgehead atoms. The molecule has 2 aromatic rings. The first-order valence-electron chi connectivity index (χ1n) is 9.54. The van der Waals surface area contributed by atoms with Gasteiger partial charge in [-0.15, -0.1) is 0 Å². The zero-order valence-electron chi connectivity index (χ0n) is 16.5. The monoisotopic (exact) mass is 393 g/mol. The smallest absolute Gasteiger partial charge is 0.246 e. The Labute approximate surface area is 169 Å². The molecule has 1 amide bonds. The van der Waals surface area contributed by atoms with Gasteiger partial charge in [0, 0.05) is 19.0 Å². The van der Waals surface area contributed by atoms with Crippen molar-refractivity contribution in [1.82, 2.24) is 4.90 Å². The zero-order valence-corrected chi connectivity index (χ0v) is 16.5. The van der Waals surface area contributed by atoms with Crippen molar-refractivity contribution in [3.8, 4) is 17.2 Å². The van der Waals surface area contributed by atoms with E-state index in [9.17, 15) is 9.59 Å². The molecule has 0 aromatic heterocycles. The maximum atomic E-state index is 12.7. The van der Waals surface area contributed by atoms with Crippen molar-refractivity contribution in [3.05, 3.63) is 59.7 Å². The van der Waals surface area contributed by atoms with E-state index in [4.69, 9.17) is 14.2 Å². The number of hydrogen-bond acceptors (Lipinski definition) is 5. The van der Waals surface area contributed by atoms with Crippen LogP contribution in [0.25, 0.3) is 6.08 Å². The second-order valence-electron chi connectivity index (χ2n) is 7.34. The number of ketones is 1. The van der Waals surface area contributed by atoms with Crippen LogP contribution in [0.4, 0.5) is 0 Å². The molecule has 29 heavy (non-hydrogen) atoms. The van der Waals surface area contributed by atoms with Gasteiger partial charge in [-0.25, -0.2) is 0 Å². The minimum absolute atomic E-state index is 0.0713. The van der Waals surface area contributed by atoms with Crippen molar-refractivity contribution >= 4 is 17.8 Å². The molecular formula is C23H23NO5. The van der Waals surface area contributed by atoms with Crippen molar-refractivity contribution in [2.75, 3.05) is 27.3 Å². The Morgan fingerprint density at radius 2 is 1.93 bits per heavy atom. The van der Waals surface area contributed by atoms with Gasteiger partial charge >= 0.3 is 0 Å². The maximum absolute atomic E-state index is 12.7. The number of likely N-dealkylation sites (tertiary alicyclic amines) is 1. The Hall–Kier alpha value is -3.28. The number of Topliss-reactive ketones (excluding diaryl/α,β-unsaturated/α-hetero) is 1. The average molecular weight is 393 g/mol. The van der Waals surface area contributed by atoms with Gasteiger partial charge in [0.2, 0.25) is 5.91 Å². The van der Waals surface area contributed by atoms with Crippen LogP contribution in [0, 0.1) is 0 Å². The summed E-state index contributed by atoms with van der Waals surface area (Å²) >= 11 is 0. The van der Waals surface area contributed by atoms with Crippen molar-refractivity contribution in [2.24, 2.45) is 0 Å². The normalized spacial score (nSPS) is 20.6. The quantitative estimate of drug-likeness (QED) is 0.746. The largest absolute Gasteiger partial charge is 0.493 e. The standard InChI is InChI=1S/C23H23NO5/c1-27-20-9-7-16(13-21(20)28-2)8-10-22(26)24-12-11-23(15-24)14-18(25)17-5-3-4-6-19(17)29-23/h3-10,13H,11-12,14-15H2,1-2H3/b10-8+. The molecular weight excluding hydrogens is 370 g/mol. The van der Waals surface area contributed by atoms with Gasteiger partial charge in [0.15, 0.2) is 17.3 Å². The van der Waals surface area contributed by atoms with Crippen LogP contribution in [0.3, 0.4) is 0 Å². The molecule has 1 unspecified atom stereocenters. The van der Waals surface area contributed by atoms with E-state index >= 15 is 0 Å². The number of nitrogens with zero attached hydrogens (tertiary/aromatic N) is 1. The summed E-state index contributed by atoms with van der Waals surface area (Å²) in [4.78, 5) is 27.0. The van der Waals surface area contributed by atoms with Crippen LogP contribution in [0.1, 0.15) is 28.8 Å². The molecule has 4 rings (SSSR count). The van der Waals surface area contributed by atoms with Crippen LogP contribution >= 0.6 is 0 Å². The van der Waals surface area contributed by atoms with E-state index in [0.717, 1.165) is 5.56 Å². The van der Waals surface area contributed by atoms with Gasteiger partial charge in [-0.05, 0) is 35.9 Å². The first-order valence-corrected chi connectivity index (χ1v) is 9.54. The molecule has 1 saturated heterocycles. The second-order valence-corrected chi connectivity index (χ2v) is 7.34. The predicted molar refractivity (Wildman–Crippen MR) is 109 cm³/mol. The highest BCUT2D eigenvalue weighted by atomic mass is 16.5. The SMILES string of the molecule is COc1ccc(/C=C/C(=O)N2CCC3(CC(=O)c4ccccc4O3)C2)cc1OC. The summed E-state index contributed by atoms with van der Waals surface area (Å²) in [6, 6.07) is 12.8. The van der Waals surface area contributed by atoms with Gasteiger partial charge in [-0.1, -0.05) is 18.2 Å². The third-order valence-electron chi connectivity index (χ3n) is 5.45. The highest BCUT2D eigenvalue weighted by molar-refractivity contribution is 6.00. The molecule has 2 heterocycles. The molecule has 0 aliphatic carbocycles. The molecule has 2 aliphatic heterocycles. The lowest BCUT2D eigenvalue weighted by molar-refractivity contribution is -0.125. The molecule has 0 N–H and O–H groups in total. The number of carbonyl (C=O) groups is 2. The minimum atomic E-state index is -0.627. The number of hydrogen-bond donors (Lipinski definition) is 0.